The minimum Gasteiger partial charge on any atom is -0.369 e. The van der Waals surface area contributed by atoms with Gasteiger partial charge in [-0.25, -0.2) is 0 Å². The number of aromatic nitrogens is 1. The normalized spacial score (nSPS) is 11.0. The third-order valence-corrected chi connectivity index (χ3v) is 5.97. The molecule has 0 saturated carbocycles. The van der Waals surface area contributed by atoms with Crippen LogP contribution in [0.15, 0.2) is 76.0 Å². The summed E-state index contributed by atoms with van der Waals surface area (Å²) < 4.78 is 29.1. The number of benzene rings is 2. The molecular formula is C22H24N5O3S+. The Kier molecular flexibility index (Phi) is 6.36. The van der Waals surface area contributed by atoms with Gasteiger partial charge in [-0.2, -0.15) is 13.0 Å². The van der Waals surface area contributed by atoms with Crippen LogP contribution in [0.1, 0.15) is 11.4 Å². The highest BCUT2D eigenvalue weighted by molar-refractivity contribution is 7.90. The molecule has 9 heteroatoms. The largest absolute Gasteiger partial charge is 0.369 e. The van der Waals surface area contributed by atoms with E-state index in [1.54, 1.807) is 0 Å². The van der Waals surface area contributed by atoms with Crippen molar-refractivity contribution in [2.45, 2.75) is 25.3 Å². The zero-order valence-corrected chi connectivity index (χ0v) is 18.1. The van der Waals surface area contributed by atoms with Gasteiger partial charge >= 0.3 is 0 Å². The first-order valence-electron chi connectivity index (χ1n) is 9.48. The van der Waals surface area contributed by atoms with E-state index in [1.165, 1.54) is 24.3 Å². The smallest absolute Gasteiger partial charge is 0.290 e. The third-order valence-electron chi connectivity index (χ3n) is 4.65. The van der Waals surface area contributed by atoms with Crippen LogP contribution in [0.4, 0.5) is 5.69 Å². The summed E-state index contributed by atoms with van der Waals surface area (Å²) in [5.41, 5.74) is 14.8. The number of aryl methyl sites for hydroxylation is 2. The fourth-order valence-corrected chi connectivity index (χ4v) is 4.08. The van der Waals surface area contributed by atoms with Gasteiger partial charge in [-0.05, 0) is 35.4 Å². The van der Waals surface area contributed by atoms with Gasteiger partial charge in [0.25, 0.3) is 15.9 Å². The summed E-state index contributed by atoms with van der Waals surface area (Å²) in [6.45, 7) is 4.03. The Hall–Kier alpha value is -3.72. The molecule has 0 atom stereocenters. The molecule has 2 aromatic carbocycles. The zero-order chi connectivity index (χ0) is 22.6. The van der Waals surface area contributed by atoms with Crippen molar-refractivity contribution >= 4 is 27.6 Å². The summed E-state index contributed by atoms with van der Waals surface area (Å²) in [7, 11) is -3.97. The molecule has 0 bridgehead atoms. The van der Waals surface area contributed by atoms with Crippen LogP contribution in [0, 0.1) is 13.8 Å². The average molecular weight is 439 g/mol. The fourth-order valence-electron chi connectivity index (χ4n) is 3.22. The van der Waals surface area contributed by atoms with Crippen molar-refractivity contribution in [3.8, 4) is 11.1 Å². The van der Waals surface area contributed by atoms with Gasteiger partial charge in [0.1, 0.15) is 0 Å². The monoisotopic (exact) mass is 438 g/mol. The molecule has 0 aliphatic heterocycles. The van der Waals surface area contributed by atoms with Gasteiger partial charge in [0.15, 0.2) is 11.4 Å². The zero-order valence-electron chi connectivity index (χ0n) is 17.2. The molecule has 0 aliphatic rings. The Morgan fingerprint density at radius 1 is 0.935 bits per heavy atom. The predicted molar refractivity (Wildman–Crippen MR) is 120 cm³/mol. The summed E-state index contributed by atoms with van der Waals surface area (Å²) in [5.74, 6) is -0.776. The summed E-state index contributed by atoms with van der Waals surface area (Å²) in [4.78, 5) is 12.5. The highest BCUT2D eigenvalue weighted by Crippen LogP contribution is 2.20. The number of nitrogens with one attached hydrogen (secondary N) is 1. The van der Waals surface area contributed by atoms with Crippen LogP contribution in [0.5, 0.6) is 0 Å². The quantitative estimate of drug-likeness (QED) is 0.307. The van der Waals surface area contributed by atoms with Crippen molar-refractivity contribution in [3.63, 3.8) is 0 Å². The predicted octanol–water partition coefficient (Wildman–Crippen LogP) is 1.86. The first-order valence-corrected chi connectivity index (χ1v) is 10.9. The van der Waals surface area contributed by atoms with E-state index in [9.17, 15) is 13.2 Å². The lowest BCUT2D eigenvalue weighted by atomic mass is 10.0. The summed E-state index contributed by atoms with van der Waals surface area (Å²) >= 11 is 0. The number of hydrogen-bond acceptors (Lipinski definition) is 3. The van der Waals surface area contributed by atoms with Gasteiger partial charge in [-0.3, -0.25) is 4.79 Å². The molecular weight excluding hydrogens is 414 g/mol. The number of guanidine groups is 1. The molecule has 8 nitrogen and oxygen atoms in total. The second-order valence-corrected chi connectivity index (χ2v) is 8.65. The highest BCUT2D eigenvalue weighted by Gasteiger charge is 2.18. The van der Waals surface area contributed by atoms with Gasteiger partial charge in [0, 0.05) is 31.7 Å². The molecule has 0 fully saturated rings. The standard InChI is InChI=1S/C22H23N5O3S/c1-15-12-18(17-6-4-3-5-7-17)13-16(2)27(15)14-21(28)25-19-8-10-20(11-9-19)31(29,30)26-22(23)24/h3-13H,14H2,1-2H3,(H4-,23,24,25,26,28)/p+1. The van der Waals surface area contributed by atoms with E-state index in [-0.39, 0.29) is 17.3 Å². The van der Waals surface area contributed by atoms with E-state index in [4.69, 9.17) is 11.5 Å². The molecule has 0 unspecified atom stereocenters. The number of amides is 1. The van der Waals surface area contributed by atoms with Crippen LogP contribution in [-0.4, -0.2) is 20.3 Å². The number of rotatable bonds is 6. The average Bonchev–Trinajstić information content (AvgIpc) is 2.70. The van der Waals surface area contributed by atoms with Crippen molar-refractivity contribution in [2.24, 2.45) is 15.9 Å². The van der Waals surface area contributed by atoms with Crippen molar-refractivity contribution in [1.82, 2.24) is 0 Å². The van der Waals surface area contributed by atoms with Crippen LogP contribution in [-0.2, 0) is 21.4 Å². The van der Waals surface area contributed by atoms with Crippen molar-refractivity contribution in [1.29, 1.82) is 0 Å². The molecule has 0 aliphatic carbocycles. The molecule has 0 saturated heterocycles. The van der Waals surface area contributed by atoms with Gasteiger partial charge < -0.3 is 16.8 Å². The molecule has 5 N–H and O–H groups in total. The Labute approximate surface area is 181 Å². The molecule has 160 valence electrons. The first-order chi connectivity index (χ1) is 14.7. The molecule has 1 amide bonds. The number of nitrogens with zero attached hydrogens (tertiary/aromatic N) is 2. The van der Waals surface area contributed by atoms with E-state index in [0.29, 0.717) is 5.69 Å². The second-order valence-electron chi connectivity index (χ2n) is 7.04. The Bertz CT molecular complexity index is 1210. The Morgan fingerprint density at radius 3 is 2.06 bits per heavy atom. The minimum absolute atomic E-state index is 0.0727. The summed E-state index contributed by atoms with van der Waals surface area (Å²) in [6, 6.07) is 19.7. The van der Waals surface area contributed by atoms with E-state index >= 15 is 0 Å². The third kappa shape index (κ3) is 5.46. The number of hydrogen-bond donors (Lipinski definition) is 3. The summed E-state index contributed by atoms with van der Waals surface area (Å²) in [6.07, 6.45) is 0. The van der Waals surface area contributed by atoms with Gasteiger partial charge in [-0.15, -0.1) is 4.40 Å². The highest BCUT2D eigenvalue weighted by atomic mass is 32.2. The van der Waals surface area contributed by atoms with Crippen molar-refractivity contribution < 1.29 is 17.8 Å². The molecule has 31 heavy (non-hydrogen) atoms. The Balaban J connectivity index is 1.73. The maximum Gasteiger partial charge on any atom is 0.290 e. The lowest BCUT2D eigenvalue weighted by Gasteiger charge is -2.09. The number of nitrogens with two attached hydrogens (primary N) is 2. The van der Waals surface area contributed by atoms with Crippen LogP contribution >= 0.6 is 0 Å². The van der Waals surface area contributed by atoms with Crippen LogP contribution in [0.2, 0.25) is 0 Å². The SMILES string of the molecule is Cc1cc(-c2ccccc2)cc(C)[n+]1CC(=O)Nc1ccc(S(=O)(=O)N=C(N)N)cc1. The van der Waals surface area contributed by atoms with E-state index in [0.717, 1.165) is 22.5 Å². The first kappa shape index (κ1) is 22.0. The van der Waals surface area contributed by atoms with Crippen molar-refractivity contribution in [2.75, 3.05) is 5.32 Å². The minimum atomic E-state index is -3.97. The summed E-state index contributed by atoms with van der Waals surface area (Å²) in [5, 5.41) is 2.77. The van der Waals surface area contributed by atoms with E-state index < -0.39 is 16.0 Å². The van der Waals surface area contributed by atoms with E-state index in [2.05, 4.69) is 9.71 Å². The molecule has 3 rings (SSSR count). The number of pyridine rings is 1. The van der Waals surface area contributed by atoms with Crippen LogP contribution in [0.25, 0.3) is 11.1 Å². The van der Waals surface area contributed by atoms with Crippen LogP contribution in [0.3, 0.4) is 0 Å². The van der Waals surface area contributed by atoms with E-state index in [1.807, 2.05) is 60.9 Å². The molecule has 0 radical (unpaired) electrons. The lowest BCUT2D eigenvalue weighted by Crippen LogP contribution is -2.45. The van der Waals surface area contributed by atoms with Gasteiger partial charge in [0.2, 0.25) is 12.5 Å². The molecule has 1 aromatic heterocycles. The topological polar surface area (TPSA) is 132 Å². The second kappa shape index (κ2) is 8.97. The van der Waals surface area contributed by atoms with Crippen LogP contribution < -0.4 is 21.4 Å². The molecule has 0 spiro atoms. The maximum absolute atomic E-state index is 12.6. The molecule has 1 heterocycles. The van der Waals surface area contributed by atoms with Gasteiger partial charge in [-0.1, -0.05) is 30.3 Å². The van der Waals surface area contributed by atoms with Crippen molar-refractivity contribution in [3.05, 3.63) is 78.1 Å². The number of sulfonamides is 1. The van der Waals surface area contributed by atoms with Gasteiger partial charge in [0.05, 0.1) is 4.90 Å². The lowest BCUT2D eigenvalue weighted by molar-refractivity contribution is -0.695. The Morgan fingerprint density at radius 2 is 1.52 bits per heavy atom. The number of carbonyl (C=O) groups excluding carboxylic acids is 1. The molecule has 3 aromatic rings. The maximum atomic E-state index is 12.6. The fraction of sp³-hybridized carbons (Fsp3) is 0.136. The number of anilines is 1. The number of carbonyl (C=O) groups is 1.